The van der Waals surface area contributed by atoms with Crippen LogP contribution in [0, 0.1) is 11.3 Å². The van der Waals surface area contributed by atoms with Gasteiger partial charge in [0.25, 0.3) is 0 Å². The predicted octanol–water partition coefficient (Wildman–Crippen LogP) is 5.06. The molecule has 0 saturated heterocycles. The van der Waals surface area contributed by atoms with Gasteiger partial charge in [-0.3, -0.25) is 0 Å². The van der Waals surface area contributed by atoms with Gasteiger partial charge in [0.15, 0.2) is 0 Å². The van der Waals surface area contributed by atoms with Gasteiger partial charge >= 0.3 is 0 Å². The van der Waals surface area contributed by atoms with Gasteiger partial charge in [0.1, 0.15) is 5.75 Å². The number of benzene rings is 1. The molecule has 2 N–H and O–H groups in total. The van der Waals surface area contributed by atoms with Gasteiger partial charge in [-0.25, -0.2) is 0 Å². The van der Waals surface area contributed by atoms with Crippen LogP contribution in [0.3, 0.4) is 0 Å². The summed E-state index contributed by atoms with van der Waals surface area (Å²) < 4.78 is 6.30. The van der Waals surface area contributed by atoms with Crippen LogP contribution in [-0.2, 0) is 0 Å². The van der Waals surface area contributed by atoms with E-state index < -0.39 is 0 Å². The molecule has 2 nitrogen and oxygen atoms in total. The number of methoxy groups -OCH3 is 1. The lowest BCUT2D eigenvalue weighted by molar-refractivity contribution is 0.183. The Bertz CT molecular complexity index is 452. The molecule has 3 heteroatoms. The Labute approximate surface area is 131 Å². The van der Waals surface area contributed by atoms with Crippen molar-refractivity contribution in [1.29, 1.82) is 0 Å². The largest absolute Gasteiger partial charge is 0.496 e. The molecule has 0 aromatic heterocycles. The summed E-state index contributed by atoms with van der Waals surface area (Å²) in [6, 6.07) is 6.38. The second-order valence-corrected chi connectivity index (χ2v) is 7.39. The van der Waals surface area contributed by atoms with E-state index in [0.29, 0.717) is 5.92 Å². The number of rotatable bonds is 5. The molecule has 1 unspecified atom stereocenters. The van der Waals surface area contributed by atoms with E-state index in [0.717, 1.165) is 10.2 Å². The van der Waals surface area contributed by atoms with E-state index in [4.69, 9.17) is 10.5 Å². The Balaban J connectivity index is 2.27. The molecule has 0 bridgehead atoms. The molecule has 0 radical (unpaired) electrons. The fraction of sp³-hybridized carbons (Fsp3) is 0.647. The van der Waals surface area contributed by atoms with Crippen LogP contribution >= 0.6 is 15.9 Å². The number of hydrogen-bond donors (Lipinski definition) is 1. The van der Waals surface area contributed by atoms with Gasteiger partial charge < -0.3 is 10.5 Å². The first kappa shape index (κ1) is 15.8. The van der Waals surface area contributed by atoms with E-state index in [1.54, 1.807) is 7.11 Å². The highest BCUT2D eigenvalue weighted by molar-refractivity contribution is 9.10. The van der Waals surface area contributed by atoms with Crippen molar-refractivity contribution < 1.29 is 4.74 Å². The third-order valence-electron chi connectivity index (χ3n) is 4.61. The summed E-state index contributed by atoms with van der Waals surface area (Å²) in [5, 5.41) is 0. The van der Waals surface area contributed by atoms with E-state index in [2.05, 4.69) is 41.9 Å². The highest BCUT2D eigenvalue weighted by atomic mass is 79.9. The molecule has 1 saturated carbocycles. The molecule has 1 aliphatic carbocycles. The van der Waals surface area contributed by atoms with E-state index >= 15 is 0 Å². The molecule has 1 aliphatic rings. The zero-order valence-electron chi connectivity index (χ0n) is 12.8. The fourth-order valence-corrected chi connectivity index (χ4v) is 4.32. The van der Waals surface area contributed by atoms with Crippen LogP contribution in [-0.4, -0.2) is 7.11 Å². The first-order chi connectivity index (χ1) is 9.48. The Hall–Kier alpha value is -0.540. The maximum atomic E-state index is 6.68. The minimum atomic E-state index is 0.120. The Morgan fingerprint density at radius 2 is 1.95 bits per heavy atom. The van der Waals surface area contributed by atoms with Crippen molar-refractivity contribution in [2.24, 2.45) is 17.1 Å². The molecule has 1 fully saturated rings. The van der Waals surface area contributed by atoms with Crippen LogP contribution in [0.15, 0.2) is 22.7 Å². The van der Waals surface area contributed by atoms with Gasteiger partial charge in [0, 0.05) is 6.04 Å². The summed E-state index contributed by atoms with van der Waals surface area (Å²) in [6.45, 7) is 4.60. The van der Waals surface area contributed by atoms with Gasteiger partial charge in [-0.05, 0) is 64.2 Å². The first-order valence-corrected chi connectivity index (χ1v) is 8.37. The molecule has 0 amide bonds. The lowest BCUT2D eigenvalue weighted by atomic mass is 9.71. The second-order valence-electron chi connectivity index (χ2n) is 6.54. The van der Waals surface area contributed by atoms with Crippen molar-refractivity contribution >= 4 is 15.9 Å². The molecule has 2 rings (SSSR count). The van der Waals surface area contributed by atoms with Crippen LogP contribution in [0.4, 0.5) is 0 Å². The van der Waals surface area contributed by atoms with Crippen LogP contribution in [0.2, 0.25) is 0 Å². The highest BCUT2D eigenvalue weighted by Gasteiger charge is 2.40. The van der Waals surface area contributed by atoms with Crippen LogP contribution < -0.4 is 10.5 Å². The van der Waals surface area contributed by atoms with Gasteiger partial charge in [-0.2, -0.15) is 0 Å². The van der Waals surface area contributed by atoms with Gasteiger partial charge in [-0.15, -0.1) is 0 Å². The summed E-state index contributed by atoms with van der Waals surface area (Å²) in [5.74, 6) is 1.56. The lowest BCUT2D eigenvalue weighted by Gasteiger charge is -2.37. The molecule has 0 spiro atoms. The quantitative estimate of drug-likeness (QED) is 0.813. The minimum absolute atomic E-state index is 0.120. The normalized spacial score (nSPS) is 19.3. The minimum Gasteiger partial charge on any atom is -0.496 e. The first-order valence-electron chi connectivity index (χ1n) is 7.57. The molecule has 0 heterocycles. The Morgan fingerprint density at radius 3 is 2.45 bits per heavy atom. The molecule has 112 valence electrons. The molecular weight excluding hydrogens is 314 g/mol. The predicted molar refractivity (Wildman–Crippen MR) is 88.0 cm³/mol. The number of hydrogen-bond acceptors (Lipinski definition) is 2. The molecule has 0 aliphatic heterocycles. The second kappa shape index (κ2) is 6.48. The van der Waals surface area contributed by atoms with Gasteiger partial charge in [-0.1, -0.05) is 32.8 Å². The smallest absolute Gasteiger partial charge is 0.133 e. The monoisotopic (exact) mass is 339 g/mol. The van der Waals surface area contributed by atoms with Crippen molar-refractivity contribution in [2.45, 2.75) is 52.0 Å². The fourth-order valence-electron chi connectivity index (χ4n) is 3.76. The molecule has 1 atom stereocenters. The third kappa shape index (κ3) is 3.20. The maximum Gasteiger partial charge on any atom is 0.133 e. The average molecular weight is 340 g/mol. The summed E-state index contributed by atoms with van der Waals surface area (Å²) in [5.41, 5.74) is 8.18. The standard InChI is InChI=1S/C17H26BrNO/c1-12(2)11-17(8-4-5-9-17)16(19)13-6-7-15(20-3)14(18)10-13/h6-7,10,12,16H,4-5,8-9,11,19H2,1-3H3. The molecule has 1 aromatic carbocycles. The summed E-state index contributed by atoms with van der Waals surface area (Å²) in [7, 11) is 1.69. The number of nitrogens with two attached hydrogens (primary N) is 1. The maximum absolute atomic E-state index is 6.68. The Morgan fingerprint density at radius 1 is 1.30 bits per heavy atom. The van der Waals surface area contributed by atoms with Crippen molar-refractivity contribution in [3.05, 3.63) is 28.2 Å². The molecular formula is C17H26BrNO. The molecule has 20 heavy (non-hydrogen) atoms. The van der Waals surface area contributed by atoms with E-state index in [1.807, 2.05) is 6.07 Å². The van der Waals surface area contributed by atoms with E-state index in [1.165, 1.54) is 37.7 Å². The summed E-state index contributed by atoms with van der Waals surface area (Å²) in [6.07, 6.45) is 6.37. The average Bonchev–Trinajstić information content (AvgIpc) is 2.86. The number of halogens is 1. The van der Waals surface area contributed by atoms with Gasteiger partial charge in [0.2, 0.25) is 0 Å². The Kier molecular flexibility index (Phi) is 5.14. The van der Waals surface area contributed by atoms with E-state index in [-0.39, 0.29) is 11.5 Å². The van der Waals surface area contributed by atoms with Gasteiger partial charge in [0.05, 0.1) is 11.6 Å². The van der Waals surface area contributed by atoms with Crippen molar-refractivity contribution in [1.82, 2.24) is 0 Å². The van der Waals surface area contributed by atoms with Crippen LogP contribution in [0.25, 0.3) is 0 Å². The van der Waals surface area contributed by atoms with E-state index in [9.17, 15) is 0 Å². The third-order valence-corrected chi connectivity index (χ3v) is 5.23. The van der Waals surface area contributed by atoms with Crippen molar-refractivity contribution in [3.63, 3.8) is 0 Å². The summed E-state index contributed by atoms with van der Waals surface area (Å²) in [4.78, 5) is 0. The van der Waals surface area contributed by atoms with Crippen molar-refractivity contribution in [3.8, 4) is 5.75 Å². The number of ether oxygens (including phenoxy) is 1. The van der Waals surface area contributed by atoms with Crippen molar-refractivity contribution in [2.75, 3.05) is 7.11 Å². The van der Waals surface area contributed by atoms with Crippen LogP contribution in [0.1, 0.15) is 57.6 Å². The molecule has 1 aromatic rings. The summed E-state index contributed by atoms with van der Waals surface area (Å²) >= 11 is 3.57. The van der Waals surface area contributed by atoms with Crippen LogP contribution in [0.5, 0.6) is 5.75 Å². The SMILES string of the molecule is COc1ccc(C(N)C2(CC(C)C)CCCC2)cc1Br. The lowest BCUT2D eigenvalue weighted by Crippen LogP contribution is -2.33. The highest BCUT2D eigenvalue weighted by Crippen LogP contribution is 2.51. The zero-order valence-corrected chi connectivity index (χ0v) is 14.4. The zero-order chi connectivity index (χ0) is 14.8. The topological polar surface area (TPSA) is 35.2 Å².